The first-order chi connectivity index (χ1) is 12.1. The van der Waals surface area contributed by atoms with E-state index in [4.69, 9.17) is 22.1 Å². The smallest absolute Gasteiger partial charge is 0.394 e. The lowest BCUT2D eigenvalue weighted by Crippen LogP contribution is -2.32. The van der Waals surface area contributed by atoms with Gasteiger partial charge in [0.1, 0.15) is 34.7 Å². The first kappa shape index (κ1) is 19.1. The fourth-order valence-electron chi connectivity index (χ4n) is 2.92. The molecule has 0 saturated carbocycles. The Morgan fingerprint density at radius 1 is 1.31 bits per heavy atom. The van der Waals surface area contributed by atoms with Crippen LogP contribution in [0.5, 0.6) is 0 Å². The molecular formula is C15H14F4N2O4S. The van der Waals surface area contributed by atoms with Crippen LogP contribution in [-0.4, -0.2) is 50.2 Å². The monoisotopic (exact) mass is 394 g/mol. The zero-order valence-corrected chi connectivity index (χ0v) is 14.0. The summed E-state index contributed by atoms with van der Waals surface area (Å²) in [6.45, 7) is 0.607. The summed E-state index contributed by atoms with van der Waals surface area (Å²) in [6, 6.07) is 1.26. The van der Waals surface area contributed by atoms with Gasteiger partial charge in [-0.05, 0) is 18.6 Å². The van der Waals surface area contributed by atoms with Gasteiger partial charge in [0.05, 0.1) is 6.61 Å². The zero-order chi connectivity index (χ0) is 19.4. The van der Waals surface area contributed by atoms with Crippen molar-refractivity contribution in [3.63, 3.8) is 0 Å². The number of aromatic nitrogens is 2. The highest BCUT2D eigenvalue weighted by Gasteiger charge is 2.44. The molecule has 1 aliphatic rings. The number of alkyl halides is 3. The van der Waals surface area contributed by atoms with Gasteiger partial charge in [-0.2, -0.15) is 13.2 Å². The number of rotatable bonds is 2. The molecule has 1 fully saturated rings. The van der Waals surface area contributed by atoms with Crippen molar-refractivity contribution in [1.29, 1.82) is 0 Å². The van der Waals surface area contributed by atoms with Crippen LogP contribution in [-0.2, 0) is 10.9 Å². The molecule has 6 nitrogen and oxygen atoms in total. The van der Waals surface area contributed by atoms with E-state index in [1.807, 2.05) is 0 Å². The fourth-order valence-corrected chi connectivity index (χ4v) is 3.19. The molecule has 1 aliphatic heterocycles. The van der Waals surface area contributed by atoms with Gasteiger partial charge < -0.3 is 25.0 Å². The number of hydrogen-bond donors (Lipinski definition) is 4. The van der Waals surface area contributed by atoms with E-state index in [1.165, 1.54) is 6.07 Å². The molecule has 0 radical (unpaired) electrons. The molecule has 0 bridgehead atoms. The number of pyridine rings is 2. The first-order valence-corrected chi connectivity index (χ1v) is 7.89. The van der Waals surface area contributed by atoms with Crippen molar-refractivity contribution in [2.75, 3.05) is 6.61 Å². The number of hydrogen-bond acceptors (Lipinski definition) is 6. The number of aliphatic hydroxyl groups is 3. The number of aryl methyl sites for hydroxylation is 1. The summed E-state index contributed by atoms with van der Waals surface area (Å²) < 4.78 is 58.1. The Bertz CT molecular complexity index is 917. The minimum Gasteiger partial charge on any atom is -0.394 e. The molecule has 2 aromatic heterocycles. The van der Waals surface area contributed by atoms with E-state index in [9.17, 15) is 27.8 Å². The molecule has 0 aromatic carbocycles. The number of halogens is 4. The van der Waals surface area contributed by atoms with Crippen molar-refractivity contribution in [3.05, 3.63) is 33.3 Å². The molecule has 142 valence electrons. The van der Waals surface area contributed by atoms with Crippen molar-refractivity contribution in [2.24, 2.45) is 0 Å². The van der Waals surface area contributed by atoms with Crippen LogP contribution in [0.25, 0.3) is 11.0 Å². The van der Waals surface area contributed by atoms with Gasteiger partial charge in [0.15, 0.2) is 11.5 Å². The van der Waals surface area contributed by atoms with E-state index in [0.717, 1.165) is 6.92 Å². The number of nitrogens with zero attached hydrogens (tertiary/aromatic N) is 1. The van der Waals surface area contributed by atoms with Gasteiger partial charge in [-0.3, -0.25) is 0 Å². The lowest BCUT2D eigenvalue weighted by molar-refractivity contribution is -0.143. The van der Waals surface area contributed by atoms with Crippen LogP contribution in [0.3, 0.4) is 0 Å². The molecule has 2 unspecified atom stereocenters. The highest BCUT2D eigenvalue weighted by atomic mass is 32.1. The van der Waals surface area contributed by atoms with Crippen LogP contribution in [0.15, 0.2) is 6.07 Å². The van der Waals surface area contributed by atoms with E-state index in [-0.39, 0.29) is 26.8 Å². The Morgan fingerprint density at radius 2 is 1.96 bits per heavy atom. The first-order valence-electron chi connectivity index (χ1n) is 7.49. The van der Waals surface area contributed by atoms with Gasteiger partial charge in [0, 0.05) is 10.9 Å². The molecule has 0 amide bonds. The van der Waals surface area contributed by atoms with Crippen LogP contribution >= 0.6 is 12.2 Å². The van der Waals surface area contributed by atoms with E-state index < -0.39 is 48.7 Å². The SMILES string of the molecule is Cc1c(F)c(C(F)(F)F)nc2[nH]c(=S)c([C@@H]3O[C@H](CO)C(O)C3O)cc12. The van der Waals surface area contributed by atoms with Gasteiger partial charge >= 0.3 is 6.18 Å². The predicted molar refractivity (Wildman–Crippen MR) is 83.3 cm³/mol. The van der Waals surface area contributed by atoms with Crippen molar-refractivity contribution in [1.82, 2.24) is 9.97 Å². The van der Waals surface area contributed by atoms with Gasteiger partial charge in [0.25, 0.3) is 0 Å². The van der Waals surface area contributed by atoms with E-state index in [0.29, 0.717) is 0 Å². The Hall–Kier alpha value is -1.66. The van der Waals surface area contributed by atoms with Crippen molar-refractivity contribution in [2.45, 2.75) is 37.5 Å². The second kappa shape index (κ2) is 6.50. The quantitative estimate of drug-likeness (QED) is 0.459. The average Bonchev–Trinajstić information content (AvgIpc) is 2.84. The Balaban J connectivity index is 2.18. The van der Waals surface area contributed by atoms with Gasteiger partial charge in [0.2, 0.25) is 0 Å². The van der Waals surface area contributed by atoms with Gasteiger partial charge in [-0.15, -0.1) is 0 Å². The highest BCUT2D eigenvalue weighted by Crippen LogP contribution is 2.37. The van der Waals surface area contributed by atoms with Crippen LogP contribution < -0.4 is 0 Å². The highest BCUT2D eigenvalue weighted by molar-refractivity contribution is 7.71. The third-order valence-electron chi connectivity index (χ3n) is 4.33. The Kier molecular flexibility index (Phi) is 4.78. The molecule has 3 rings (SSSR count). The molecular weight excluding hydrogens is 380 g/mol. The summed E-state index contributed by atoms with van der Waals surface area (Å²) in [7, 11) is 0. The Labute approximate surface area is 149 Å². The van der Waals surface area contributed by atoms with Crippen LogP contribution in [0.1, 0.15) is 22.9 Å². The summed E-state index contributed by atoms with van der Waals surface area (Å²) in [4.78, 5) is 5.77. The van der Waals surface area contributed by atoms with Crippen molar-refractivity contribution < 1.29 is 37.6 Å². The minimum absolute atomic E-state index is 0.0249. The maximum atomic E-state index is 14.1. The summed E-state index contributed by atoms with van der Waals surface area (Å²) in [5.74, 6) is -1.51. The van der Waals surface area contributed by atoms with Gasteiger partial charge in [-0.1, -0.05) is 12.2 Å². The third kappa shape index (κ3) is 2.99. The maximum Gasteiger partial charge on any atom is 0.436 e. The molecule has 1 saturated heterocycles. The average molecular weight is 394 g/mol. The van der Waals surface area contributed by atoms with Crippen LogP contribution in [0.2, 0.25) is 0 Å². The van der Waals surface area contributed by atoms with Crippen LogP contribution in [0, 0.1) is 17.4 Å². The number of H-pyrrole nitrogens is 1. The molecule has 2 aromatic rings. The lowest BCUT2D eigenvalue weighted by atomic mass is 10.0. The van der Waals surface area contributed by atoms with Crippen molar-refractivity contribution >= 4 is 23.3 Å². The second-order valence-electron chi connectivity index (χ2n) is 5.97. The molecule has 3 heterocycles. The normalized spacial score (nSPS) is 26.6. The lowest BCUT2D eigenvalue weighted by Gasteiger charge is -2.17. The number of aliphatic hydroxyl groups excluding tert-OH is 3. The molecule has 4 atom stereocenters. The second-order valence-corrected chi connectivity index (χ2v) is 6.38. The number of fused-ring (bicyclic) bond motifs is 1. The fraction of sp³-hybridized carbons (Fsp3) is 0.467. The predicted octanol–water partition coefficient (Wildman–Crippen LogP) is 1.91. The number of nitrogens with one attached hydrogen (secondary N) is 1. The summed E-state index contributed by atoms with van der Waals surface area (Å²) in [5.41, 5.74) is -2.09. The molecule has 0 spiro atoms. The minimum atomic E-state index is -4.97. The largest absolute Gasteiger partial charge is 0.436 e. The summed E-state index contributed by atoms with van der Waals surface area (Å²) in [5, 5.41) is 29.1. The topological polar surface area (TPSA) is 98.6 Å². The van der Waals surface area contributed by atoms with Crippen LogP contribution in [0.4, 0.5) is 17.6 Å². The molecule has 26 heavy (non-hydrogen) atoms. The summed E-state index contributed by atoms with van der Waals surface area (Å²) in [6.07, 6.45) is -9.96. The zero-order valence-electron chi connectivity index (χ0n) is 13.2. The van der Waals surface area contributed by atoms with Gasteiger partial charge in [-0.25, -0.2) is 9.37 Å². The third-order valence-corrected chi connectivity index (χ3v) is 4.67. The Morgan fingerprint density at radius 3 is 2.50 bits per heavy atom. The molecule has 11 heteroatoms. The summed E-state index contributed by atoms with van der Waals surface area (Å²) >= 11 is 5.09. The van der Waals surface area contributed by atoms with E-state index in [2.05, 4.69) is 9.97 Å². The number of aromatic amines is 1. The van der Waals surface area contributed by atoms with Crippen molar-refractivity contribution in [3.8, 4) is 0 Å². The molecule has 4 N–H and O–H groups in total. The standard InChI is InChI=1S/C15H14F4N2O4S/c1-4-5-2-6(11-10(24)9(23)7(3-22)25-11)14(26)21-13(5)20-12(8(4)16)15(17,18)19/h2,7,9-11,22-24H,3H2,1H3,(H,20,21,26)/t7-,9?,10?,11+/m1/s1. The van der Waals surface area contributed by atoms with E-state index in [1.54, 1.807) is 0 Å². The van der Waals surface area contributed by atoms with E-state index >= 15 is 0 Å². The molecule has 0 aliphatic carbocycles. The maximum absolute atomic E-state index is 14.1. The number of ether oxygens (including phenoxy) is 1.